The van der Waals surface area contributed by atoms with Crippen LogP contribution in [0.1, 0.15) is 10.6 Å². The molecule has 0 fully saturated rings. The van der Waals surface area contributed by atoms with E-state index in [1.165, 1.54) is 16.9 Å². The van der Waals surface area contributed by atoms with E-state index in [1.807, 2.05) is 31.2 Å². The third-order valence-corrected chi connectivity index (χ3v) is 4.01. The van der Waals surface area contributed by atoms with Crippen molar-refractivity contribution in [1.29, 1.82) is 0 Å². The highest BCUT2D eigenvalue weighted by molar-refractivity contribution is 7.18. The molecule has 1 aromatic heterocycles. The zero-order valence-electron chi connectivity index (χ0n) is 10.8. The third kappa shape index (κ3) is 2.49. The van der Waals surface area contributed by atoms with Gasteiger partial charge >= 0.3 is 0 Å². The van der Waals surface area contributed by atoms with Gasteiger partial charge in [0.25, 0.3) is 0 Å². The highest BCUT2D eigenvalue weighted by Crippen LogP contribution is 2.26. The number of nitrogens with one attached hydrogen (secondary N) is 1. The molecule has 3 rings (SSSR count). The number of benzene rings is 2. The topological polar surface area (TPSA) is 24.9 Å². The van der Waals surface area contributed by atoms with Gasteiger partial charge in [0.2, 0.25) is 0 Å². The van der Waals surface area contributed by atoms with E-state index in [4.69, 9.17) is 0 Å². The molecular formula is C15H12F2N2S. The van der Waals surface area contributed by atoms with E-state index in [0.717, 1.165) is 16.8 Å². The smallest absolute Gasteiger partial charge is 0.185 e. The van der Waals surface area contributed by atoms with Crippen molar-refractivity contribution in [2.45, 2.75) is 13.5 Å². The van der Waals surface area contributed by atoms with E-state index >= 15 is 0 Å². The van der Waals surface area contributed by atoms with Gasteiger partial charge in [-0.3, -0.25) is 0 Å². The average Bonchev–Trinajstić information content (AvgIpc) is 2.86. The number of thiazole rings is 1. The van der Waals surface area contributed by atoms with Gasteiger partial charge in [-0.1, -0.05) is 17.7 Å². The van der Waals surface area contributed by atoms with Crippen LogP contribution in [0.15, 0.2) is 36.4 Å². The number of nitrogens with zero attached hydrogens (tertiary/aromatic N) is 1. The minimum absolute atomic E-state index is 0.107. The van der Waals surface area contributed by atoms with Gasteiger partial charge in [-0.2, -0.15) is 0 Å². The van der Waals surface area contributed by atoms with E-state index in [9.17, 15) is 8.78 Å². The molecule has 0 aliphatic heterocycles. The lowest BCUT2D eigenvalue weighted by molar-refractivity contribution is 0.515. The normalized spacial score (nSPS) is 10.9. The van der Waals surface area contributed by atoms with Crippen LogP contribution in [0.4, 0.5) is 14.5 Å². The summed E-state index contributed by atoms with van der Waals surface area (Å²) in [6.07, 6.45) is 0. The van der Waals surface area contributed by atoms with Crippen molar-refractivity contribution in [3.05, 3.63) is 58.6 Å². The first-order valence-corrected chi connectivity index (χ1v) is 6.99. The Labute approximate surface area is 119 Å². The second kappa shape index (κ2) is 5.17. The summed E-state index contributed by atoms with van der Waals surface area (Å²) in [5, 5.41) is 3.94. The zero-order valence-corrected chi connectivity index (χ0v) is 11.6. The first-order valence-electron chi connectivity index (χ1n) is 6.17. The fourth-order valence-corrected chi connectivity index (χ4v) is 2.81. The van der Waals surface area contributed by atoms with Crippen LogP contribution in [0.2, 0.25) is 0 Å². The maximum absolute atomic E-state index is 13.6. The molecule has 0 spiro atoms. The second-order valence-corrected chi connectivity index (χ2v) is 5.65. The molecule has 0 saturated carbocycles. The highest BCUT2D eigenvalue weighted by Gasteiger charge is 2.12. The fraction of sp³-hybridized carbons (Fsp3) is 0.133. The van der Waals surface area contributed by atoms with Gasteiger partial charge in [-0.25, -0.2) is 13.8 Å². The Balaban J connectivity index is 1.81. The van der Waals surface area contributed by atoms with Gasteiger partial charge in [-0.05, 0) is 31.2 Å². The van der Waals surface area contributed by atoms with Crippen molar-refractivity contribution in [2.24, 2.45) is 0 Å². The first kappa shape index (κ1) is 13.0. The molecule has 1 heterocycles. The summed E-state index contributed by atoms with van der Waals surface area (Å²) in [7, 11) is 0. The number of aromatic nitrogens is 1. The number of aryl methyl sites for hydroxylation is 1. The maximum atomic E-state index is 13.6. The Morgan fingerprint density at radius 3 is 2.60 bits per heavy atom. The summed E-state index contributed by atoms with van der Waals surface area (Å²) < 4.78 is 27.3. The van der Waals surface area contributed by atoms with E-state index < -0.39 is 11.6 Å². The minimum atomic E-state index is -0.875. The molecular weight excluding hydrogens is 278 g/mol. The van der Waals surface area contributed by atoms with Crippen LogP contribution < -0.4 is 5.32 Å². The van der Waals surface area contributed by atoms with Crippen LogP contribution in [-0.2, 0) is 6.54 Å². The molecule has 0 bridgehead atoms. The molecule has 1 N–H and O–H groups in total. The Morgan fingerprint density at radius 2 is 1.85 bits per heavy atom. The van der Waals surface area contributed by atoms with Crippen LogP contribution >= 0.6 is 11.3 Å². The van der Waals surface area contributed by atoms with Crippen LogP contribution in [-0.4, -0.2) is 4.98 Å². The van der Waals surface area contributed by atoms with Crippen molar-refractivity contribution in [3.8, 4) is 0 Å². The molecule has 0 radical (unpaired) electrons. The van der Waals surface area contributed by atoms with Gasteiger partial charge in [0.1, 0.15) is 10.5 Å². The molecule has 0 atom stereocenters. The standard InChI is InChI=1S/C15H12F2N2S/c1-9-2-4-10(5-3-9)18-8-13-19-15-12(20-13)7-6-11(16)14(15)17/h2-7,18H,8H2,1H3. The number of anilines is 1. The molecule has 0 saturated heterocycles. The number of hydrogen-bond acceptors (Lipinski definition) is 3. The van der Waals surface area contributed by atoms with Crippen LogP contribution in [0, 0.1) is 18.6 Å². The second-order valence-electron chi connectivity index (χ2n) is 4.54. The summed E-state index contributed by atoms with van der Waals surface area (Å²) in [6, 6.07) is 10.7. The minimum Gasteiger partial charge on any atom is -0.379 e. The average molecular weight is 290 g/mol. The van der Waals surface area contributed by atoms with E-state index in [-0.39, 0.29) is 5.52 Å². The molecule has 0 amide bonds. The number of fused-ring (bicyclic) bond motifs is 1. The third-order valence-electron chi connectivity index (χ3n) is 2.99. The molecule has 102 valence electrons. The SMILES string of the molecule is Cc1ccc(NCc2nc3c(F)c(F)ccc3s2)cc1. The van der Waals surface area contributed by atoms with E-state index in [2.05, 4.69) is 10.3 Å². The molecule has 3 aromatic rings. The summed E-state index contributed by atoms with van der Waals surface area (Å²) >= 11 is 1.36. The predicted molar refractivity (Wildman–Crippen MR) is 78.0 cm³/mol. The summed E-state index contributed by atoms with van der Waals surface area (Å²) in [5.41, 5.74) is 2.27. The monoisotopic (exact) mass is 290 g/mol. The van der Waals surface area contributed by atoms with Gasteiger partial charge in [0.15, 0.2) is 11.6 Å². The summed E-state index contributed by atoms with van der Waals surface area (Å²) in [5.74, 6) is -1.74. The zero-order chi connectivity index (χ0) is 14.1. The van der Waals surface area contributed by atoms with Gasteiger partial charge in [0.05, 0.1) is 11.2 Å². The van der Waals surface area contributed by atoms with Gasteiger partial charge in [0, 0.05) is 5.69 Å². The summed E-state index contributed by atoms with van der Waals surface area (Å²) in [4.78, 5) is 4.15. The van der Waals surface area contributed by atoms with E-state index in [0.29, 0.717) is 11.2 Å². The number of hydrogen-bond donors (Lipinski definition) is 1. The molecule has 2 nitrogen and oxygen atoms in total. The predicted octanol–water partition coefficient (Wildman–Crippen LogP) is 4.50. The number of rotatable bonds is 3. The Morgan fingerprint density at radius 1 is 1.10 bits per heavy atom. The summed E-state index contributed by atoms with van der Waals surface area (Å²) in [6.45, 7) is 2.51. The lowest BCUT2D eigenvalue weighted by atomic mass is 10.2. The lowest BCUT2D eigenvalue weighted by Crippen LogP contribution is -1.98. The quantitative estimate of drug-likeness (QED) is 0.768. The van der Waals surface area contributed by atoms with Gasteiger partial charge < -0.3 is 5.32 Å². The van der Waals surface area contributed by atoms with Crippen LogP contribution in [0.3, 0.4) is 0 Å². The lowest BCUT2D eigenvalue weighted by Gasteiger charge is -2.03. The van der Waals surface area contributed by atoms with E-state index in [1.54, 1.807) is 6.07 Å². The van der Waals surface area contributed by atoms with Crippen molar-refractivity contribution in [3.63, 3.8) is 0 Å². The maximum Gasteiger partial charge on any atom is 0.185 e. The molecule has 0 aliphatic rings. The molecule has 20 heavy (non-hydrogen) atoms. The van der Waals surface area contributed by atoms with Gasteiger partial charge in [-0.15, -0.1) is 11.3 Å². The van der Waals surface area contributed by atoms with Crippen molar-refractivity contribution < 1.29 is 8.78 Å². The van der Waals surface area contributed by atoms with Crippen molar-refractivity contribution in [1.82, 2.24) is 4.98 Å². The molecule has 5 heteroatoms. The van der Waals surface area contributed by atoms with Crippen LogP contribution in [0.5, 0.6) is 0 Å². The Hall–Kier alpha value is -2.01. The first-order chi connectivity index (χ1) is 9.63. The van der Waals surface area contributed by atoms with Crippen LogP contribution in [0.25, 0.3) is 10.2 Å². The van der Waals surface area contributed by atoms with Crippen molar-refractivity contribution in [2.75, 3.05) is 5.32 Å². The molecule has 0 unspecified atom stereocenters. The molecule has 0 aliphatic carbocycles. The highest BCUT2D eigenvalue weighted by atomic mass is 32.1. The molecule has 2 aromatic carbocycles. The Kier molecular flexibility index (Phi) is 3.36. The Bertz CT molecular complexity index is 750. The number of halogens is 2. The fourth-order valence-electron chi connectivity index (χ4n) is 1.91. The van der Waals surface area contributed by atoms with Crippen molar-refractivity contribution >= 4 is 27.2 Å². The largest absolute Gasteiger partial charge is 0.379 e.